The topological polar surface area (TPSA) is 85.7 Å². The Morgan fingerprint density at radius 3 is 2.59 bits per heavy atom. The summed E-state index contributed by atoms with van der Waals surface area (Å²) < 4.78 is 45.6. The second-order valence-electron chi connectivity index (χ2n) is 7.81. The molecule has 0 aromatic heterocycles. The van der Waals surface area contributed by atoms with E-state index in [4.69, 9.17) is 10.00 Å². The SMILES string of the molecule is CNC(=O)C1CN(C(=O)CCc2ccccc2OC)CCN1c1ccc(C#N)c(C(F)(F)F)c1. The number of alkyl halides is 3. The molecule has 0 radical (unpaired) electrons. The van der Waals surface area contributed by atoms with Gasteiger partial charge in [-0.1, -0.05) is 18.2 Å². The van der Waals surface area contributed by atoms with Crippen molar-refractivity contribution < 1.29 is 27.5 Å². The van der Waals surface area contributed by atoms with Crippen LogP contribution in [0.15, 0.2) is 42.5 Å². The van der Waals surface area contributed by atoms with Crippen LogP contribution in [0.25, 0.3) is 0 Å². The highest BCUT2D eigenvalue weighted by atomic mass is 19.4. The van der Waals surface area contributed by atoms with E-state index in [9.17, 15) is 22.8 Å². The molecule has 180 valence electrons. The number of rotatable bonds is 6. The van der Waals surface area contributed by atoms with Gasteiger partial charge in [0.15, 0.2) is 0 Å². The van der Waals surface area contributed by atoms with Crippen LogP contribution in [0.2, 0.25) is 0 Å². The highest BCUT2D eigenvalue weighted by molar-refractivity contribution is 5.87. The van der Waals surface area contributed by atoms with E-state index in [0.717, 1.165) is 17.7 Å². The number of piperazine rings is 1. The van der Waals surface area contributed by atoms with E-state index in [1.54, 1.807) is 23.0 Å². The third-order valence-electron chi connectivity index (χ3n) is 5.84. The first kappa shape index (κ1) is 24.9. The van der Waals surface area contributed by atoms with Crippen LogP contribution >= 0.6 is 0 Å². The number of halogens is 3. The zero-order chi connectivity index (χ0) is 24.9. The molecule has 1 N–H and O–H groups in total. The number of para-hydroxylation sites is 1. The lowest BCUT2D eigenvalue weighted by molar-refractivity contribution is -0.137. The average Bonchev–Trinajstić information content (AvgIpc) is 2.85. The summed E-state index contributed by atoms with van der Waals surface area (Å²) in [6, 6.07) is 11.4. The molecule has 1 fully saturated rings. The van der Waals surface area contributed by atoms with E-state index in [1.165, 1.54) is 13.1 Å². The number of nitriles is 1. The molecule has 1 saturated heterocycles. The zero-order valence-corrected chi connectivity index (χ0v) is 18.9. The van der Waals surface area contributed by atoms with Crippen LogP contribution in [0.1, 0.15) is 23.1 Å². The van der Waals surface area contributed by atoms with Gasteiger partial charge in [-0.2, -0.15) is 18.4 Å². The van der Waals surface area contributed by atoms with Crippen LogP contribution in [0.3, 0.4) is 0 Å². The predicted octanol–water partition coefficient (Wildman–Crippen LogP) is 2.98. The van der Waals surface area contributed by atoms with Crippen molar-refractivity contribution >= 4 is 17.5 Å². The Labute approximate surface area is 195 Å². The van der Waals surface area contributed by atoms with Gasteiger partial charge in [0.2, 0.25) is 11.8 Å². The van der Waals surface area contributed by atoms with Gasteiger partial charge in [0.25, 0.3) is 0 Å². The van der Waals surface area contributed by atoms with Gasteiger partial charge in [-0.05, 0) is 36.2 Å². The van der Waals surface area contributed by atoms with Gasteiger partial charge < -0.3 is 19.9 Å². The molecule has 0 aliphatic carbocycles. The lowest BCUT2D eigenvalue weighted by Gasteiger charge is -2.42. The maximum absolute atomic E-state index is 13.4. The Morgan fingerprint density at radius 2 is 1.94 bits per heavy atom. The van der Waals surface area contributed by atoms with Gasteiger partial charge in [0, 0.05) is 32.2 Å². The molecule has 34 heavy (non-hydrogen) atoms. The average molecular weight is 474 g/mol. The first-order chi connectivity index (χ1) is 16.2. The van der Waals surface area contributed by atoms with E-state index in [0.29, 0.717) is 12.2 Å². The van der Waals surface area contributed by atoms with Gasteiger partial charge in [0.05, 0.1) is 30.9 Å². The van der Waals surface area contributed by atoms with Crippen LogP contribution in [0.5, 0.6) is 5.75 Å². The fourth-order valence-electron chi connectivity index (χ4n) is 4.06. The molecule has 2 aromatic rings. The van der Waals surface area contributed by atoms with Crippen molar-refractivity contribution in [2.75, 3.05) is 38.7 Å². The highest BCUT2D eigenvalue weighted by Crippen LogP contribution is 2.35. The summed E-state index contributed by atoms with van der Waals surface area (Å²) in [6.45, 7) is 0.451. The first-order valence-corrected chi connectivity index (χ1v) is 10.7. The van der Waals surface area contributed by atoms with Gasteiger partial charge in [-0.25, -0.2) is 0 Å². The molecule has 0 saturated carbocycles. The van der Waals surface area contributed by atoms with E-state index in [1.807, 2.05) is 24.3 Å². The van der Waals surface area contributed by atoms with Crippen LogP contribution < -0.4 is 15.0 Å². The minimum atomic E-state index is -4.71. The van der Waals surface area contributed by atoms with Crippen molar-refractivity contribution in [1.82, 2.24) is 10.2 Å². The summed E-state index contributed by atoms with van der Waals surface area (Å²) in [5.74, 6) is 0.111. The molecule has 1 atom stereocenters. The summed E-state index contributed by atoms with van der Waals surface area (Å²) in [4.78, 5) is 28.6. The molecule has 3 rings (SSSR count). The third kappa shape index (κ3) is 5.42. The van der Waals surface area contributed by atoms with Gasteiger partial charge in [-0.3, -0.25) is 9.59 Å². The van der Waals surface area contributed by atoms with Crippen molar-refractivity contribution in [3.63, 3.8) is 0 Å². The smallest absolute Gasteiger partial charge is 0.417 e. The van der Waals surface area contributed by atoms with Crippen LogP contribution in [0.4, 0.5) is 18.9 Å². The number of anilines is 1. The van der Waals surface area contributed by atoms with Crippen molar-refractivity contribution in [3.8, 4) is 11.8 Å². The molecule has 1 aliphatic heterocycles. The largest absolute Gasteiger partial charge is 0.496 e. The first-order valence-electron chi connectivity index (χ1n) is 10.7. The van der Waals surface area contributed by atoms with Gasteiger partial charge in [-0.15, -0.1) is 0 Å². The number of methoxy groups -OCH3 is 1. The van der Waals surface area contributed by atoms with Crippen LogP contribution in [0, 0.1) is 11.3 Å². The number of ether oxygens (including phenoxy) is 1. The lowest BCUT2D eigenvalue weighted by atomic mass is 10.0. The molecular weight excluding hydrogens is 449 g/mol. The molecule has 2 aromatic carbocycles. The van der Waals surface area contributed by atoms with Crippen molar-refractivity contribution in [1.29, 1.82) is 5.26 Å². The molecule has 1 aliphatic rings. The Hall–Kier alpha value is -3.74. The fraction of sp³-hybridized carbons (Fsp3) is 0.375. The van der Waals surface area contributed by atoms with E-state index >= 15 is 0 Å². The fourth-order valence-corrected chi connectivity index (χ4v) is 4.06. The Morgan fingerprint density at radius 1 is 1.21 bits per heavy atom. The number of carbonyl (C=O) groups excluding carboxylic acids is 2. The predicted molar refractivity (Wildman–Crippen MR) is 119 cm³/mol. The summed E-state index contributed by atoms with van der Waals surface area (Å²) in [6.07, 6.45) is -4.05. The molecule has 10 heteroatoms. The summed E-state index contributed by atoms with van der Waals surface area (Å²) in [5.41, 5.74) is -0.491. The monoisotopic (exact) mass is 474 g/mol. The van der Waals surface area contributed by atoms with Crippen molar-refractivity contribution in [2.24, 2.45) is 0 Å². The Balaban J connectivity index is 1.78. The summed E-state index contributed by atoms with van der Waals surface area (Å²) in [7, 11) is 2.99. The molecule has 1 unspecified atom stereocenters. The Bertz CT molecular complexity index is 1100. The molecular formula is C24H25F3N4O3. The van der Waals surface area contributed by atoms with Crippen LogP contribution in [-0.4, -0.2) is 56.5 Å². The molecule has 1 heterocycles. The third-order valence-corrected chi connectivity index (χ3v) is 5.84. The van der Waals surface area contributed by atoms with E-state index < -0.39 is 29.3 Å². The number of likely N-dealkylation sites (N-methyl/N-ethyl adjacent to an activating group) is 1. The zero-order valence-electron chi connectivity index (χ0n) is 18.9. The summed E-state index contributed by atoms with van der Waals surface area (Å²) in [5, 5.41) is 11.6. The van der Waals surface area contributed by atoms with Gasteiger partial charge in [0.1, 0.15) is 11.8 Å². The number of carbonyl (C=O) groups is 2. The number of hydrogen-bond acceptors (Lipinski definition) is 5. The Kier molecular flexibility index (Phi) is 7.66. The number of nitrogens with one attached hydrogen (secondary N) is 1. The standard InChI is InChI=1S/C24H25F3N4O3/c1-29-23(33)20-15-30(22(32)10-8-16-5-3-4-6-21(16)34-2)11-12-31(20)18-9-7-17(14-28)19(13-18)24(25,26)27/h3-7,9,13,20H,8,10-12,15H2,1-2H3,(H,29,33). The maximum Gasteiger partial charge on any atom is 0.417 e. The lowest BCUT2D eigenvalue weighted by Crippen LogP contribution is -2.60. The second kappa shape index (κ2) is 10.5. The second-order valence-corrected chi connectivity index (χ2v) is 7.81. The number of amides is 2. The quantitative estimate of drug-likeness (QED) is 0.696. The molecule has 0 spiro atoms. The minimum absolute atomic E-state index is 0.0335. The normalized spacial score (nSPS) is 16.1. The number of aryl methyl sites for hydroxylation is 1. The minimum Gasteiger partial charge on any atom is -0.496 e. The molecule has 2 amide bonds. The van der Waals surface area contributed by atoms with E-state index in [-0.39, 0.29) is 37.6 Å². The number of nitrogens with zero attached hydrogens (tertiary/aromatic N) is 3. The summed E-state index contributed by atoms with van der Waals surface area (Å²) >= 11 is 0. The maximum atomic E-state index is 13.4. The van der Waals surface area contributed by atoms with Gasteiger partial charge >= 0.3 is 6.18 Å². The molecule has 7 nitrogen and oxygen atoms in total. The molecule has 0 bridgehead atoms. The highest BCUT2D eigenvalue weighted by Gasteiger charge is 2.37. The number of benzene rings is 2. The van der Waals surface area contributed by atoms with Crippen LogP contribution in [-0.2, 0) is 22.2 Å². The van der Waals surface area contributed by atoms with E-state index in [2.05, 4.69) is 5.32 Å². The number of hydrogen-bond donors (Lipinski definition) is 1. The van der Waals surface area contributed by atoms with Crippen molar-refractivity contribution in [3.05, 3.63) is 59.2 Å². The van der Waals surface area contributed by atoms with Crippen molar-refractivity contribution in [2.45, 2.75) is 25.1 Å².